The number of hydrogen-bond donors (Lipinski definition) is 1. The normalized spacial score (nSPS) is 14.8. The Bertz CT molecular complexity index is 1060. The third-order valence-electron chi connectivity index (χ3n) is 4.84. The van der Waals surface area contributed by atoms with Crippen molar-refractivity contribution < 1.29 is 14.2 Å². The summed E-state index contributed by atoms with van der Waals surface area (Å²) in [5.41, 5.74) is 8.22. The van der Waals surface area contributed by atoms with Gasteiger partial charge < -0.3 is 19.9 Å². The molecule has 1 aliphatic heterocycles. The molecule has 0 atom stereocenters. The second-order valence-corrected chi connectivity index (χ2v) is 6.70. The van der Waals surface area contributed by atoms with Crippen LogP contribution in [0.2, 0.25) is 0 Å². The maximum Gasteiger partial charge on any atom is 0.300 e. The Morgan fingerprint density at radius 3 is 2.76 bits per heavy atom. The fourth-order valence-corrected chi connectivity index (χ4v) is 3.24. The van der Waals surface area contributed by atoms with Gasteiger partial charge in [0.1, 0.15) is 12.3 Å². The van der Waals surface area contributed by atoms with Crippen molar-refractivity contribution in [1.82, 2.24) is 19.3 Å². The molecule has 1 saturated heterocycles. The Morgan fingerprint density at radius 1 is 1.17 bits per heavy atom. The lowest BCUT2D eigenvalue weighted by atomic mass is 10.1. The lowest BCUT2D eigenvalue weighted by Gasteiger charge is -2.26. The smallest absolute Gasteiger partial charge is 0.300 e. The van der Waals surface area contributed by atoms with Gasteiger partial charge in [-0.2, -0.15) is 0 Å². The number of aromatic nitrogens is 3. The molecule has 1 aliphatic rings. The van der Waals surface area contributed by atoms with E-state index in [9.17, 15) is 4.79 Å². The minimum Gasteiger partial charge on any atom is -0.485 e. The molecule has 0 unspecified atom stereocenters. The molecule has 0 aliphatic carbocycles. The number of pyridine rings is 2. The molecule has 2 N–H and O–H groups in total. The van der Waals surface area contributed by atoms with Crippen LogP contribution in [0.15, 0.2) is 41.6 Å². The highest BCUT2D eigenvalue weighted by Crippen LogP contribution is 2.25. The predicted molar refractivity (Wildman–Crippen MR) is 108 cm³/mol. The molecule has 0 aromatic carbocycles. The van der Waals surface area contributed by atoms with Gasteiger partial charge in [0, 0.05) is 43.2 Å². The average Bonchev–Trinajstić information content (AvgIpc) is 2.76. The van der Waals surface area contributed by atoms with Crippen LogP contribution in [0.4, 0.5) is 5.69 Å². The number of hydrogen-bond acceptors (Lipinski definition) is 8. The summed E-state index contributed by atoms with van der Waals surface area (Å²) in [6, 6.07) is 5.40. The first-order valence-corrected chi connectivity index (χ1v) is 9.40. The Labute approximate surface area is 167 Å². The standard InChI is InChI=1S/C20H23N5O4/c1-27-19-16(21)10-15(11-23-19)14-2-3-18-22-12-17(20(26)25(18)13-14)29-9-6-24-4-7-28-8-5-24/h2-3,10-13H,4-9,21H2,1H3. The van der Waals surface area contributed by atoms with Crippen molar-refractivity contribution >= 4 is 11.3 Å². The zero-order valence-corrected chi connectivity index (χ0v) is 16.2. The van der Waals surface area contributed by atoms with Crippen molar-refractivity contribution in [2.75, 3.05) is 52.3 Å². The van der Waals surface area contributed by atoms with E-state index in [0.717, 1.165) is 44.0 Å². The van der Waals surface area contributed by atoms with Crippen molar-refractivity contribution in [3.05, 3.63) is 47.1 Å². The van der Waals surface area contributed by atoms with E-state index in [2.05, 4.69) is 14.9 Å². The summed E-state index contributed by atoms with van der Waals surface area (Å²) in [7, 11) is 1.51. The van der Waals surface area contributed by atoms with E-state index < -0.39 is 0 Å². The van der Waals surface area contributed by atoms with E-state index in [1.165, 1.54) is 17.7 Å². The van der Waals surface area contributed by atoms with E-state index in [1.807, 2.05) is 6.07 Å². The summed E-state index contributed by atoms with van der Waals surface area (Å²) in [5.74, 6) is 0.588. The number of nitrogens with two attached hydrogens (primary N) is 1. The SMILES string of the molecule is COc1ncc(-c2ccc3ncc(OCCN4CCOCC4)c(=O)n3c2)cc1N. The highest BCUT2D eigenvalue weighted by atomic mass is 16.5. The number of nitrogen functional groups attached to an aromatic ring is 1. The Hall–Kier alpha value is -3.17. The van der Waals surface area contributed by atoms with Gasteiger partial charge in [0.25, 0.3) is 5.56 Å². The number of methoxy groups -OCH3 is 1. The molecule has 0 saturated carbocycles. The van der Waals surface area contributed by atoms with Gasteiger partial charge in [-0.15, -0.1) is 0 Å². The summed E-state index contributed by atoms with van der Waals surface area (Å²) in [6.07, 6.45) is 4.84. The number of nitrogens with zero attached hydrogens (tertiary/aromatic N) is 4. The molecule has 9 heteroatoms. The van der Waals surface area contributed by atoms with Gasteiger partial charge in [-0.25, -0.2) is 9.97 Å². The molecule has 0 amide bonds. The van der Waals surface area contributed by atoms with Crippen LogP contribution < -0.4 is 20.8 Å². The molecule has 152 valence electrons. The predicted octanol–water partition coefficient (Wildman–Crippen LogP) is 1.06. The van der Waals surface area contributed by atoms with E-state index in [1.54, 1.807) is 24.5 Å². The van der Waals surface area contributed by atoms with Crippen LogP contribution in [0.5, 0.6) is 11.6 Å². The fraction of sp³-hybridized carbons (Fsp3) is 0.350. The molecule has 4 rings (SSSR count). The third-order valence-corrected chi connectivity index (χ3v) is 4.84. The van der Waals surface area contributed by atoms with Gasteiger partial charge in [0.15, 0.2) is 0 Å². The van der Waals surface area contributed by atoms with Crippen LogP contribution in [0, 0.1) is 0 Å². The molecule has 3 aromatic rings. The van der Waals surface area contributed by atoms with Crippen LogP contribution in [0.25, 0.3) is 16.8 Å². The first kappa shape index (κ1) is 19.2. The first-order valence-electron chi connectivity index (χ1n) is 9.40. The summed E-state index contributed by atoms with van der Waals surface area (Å²) >= 11 is 0. The number of rotatable bonds is 6. The highest BCUT2D eigenvalue weighted by Gasteiger charge is 2.12. The van der Waals surface area contributed by atoms with E-state index in [-0.39, 0.29) is 11.3 Å². The van der Waals surface area contributed by atoms with Crippen LogP contribution in [-0.4, -0.2) is 65.8 Å². The van der Waals surface area contributed by atoms with Gasteiger partial charge in [0.05, 0.1) is 32.2 Å². The van der Waals surface area contributed by atoms with Crippen LogP contribution in [-0.2, 0) is 4.74 Å². The Morgan fingerprint density at radius 2 is 2.00 bits per heavy atom. The second-order valence-electron chi connectivity index (χ2n) is 6.70. The summed E-state index contributed by atoms with van der Waals surface area (Å²) < 4.78 is 17.6. The first-order chi connectivity index (χ1) is 14.2. The van der Waals surface area contributed by atoms with Crippen LogP contribution in [0.3, 0.4) is 0 Å². The average molecular weight is 397 g/mol. The quantitative estimate of drug-likeness (QED) is 0.658. The molecular formula is C20H23N5O4. The van der Waals surface area contributed by atoms with Crippen LogP contribution >= 0.6 is 0 Å². The van der Waals surface area contributed by atoms with E-state index in [0.29, 0.717) is 23.8 Å². The topological polar surface area (TPSA) is 104 Å². The molecule has 3 aromatic heterocycles. The minimum absolute atomic E-state index is 0.222. The van der Waals surface area contributed by atoms with Gasteiger partial charge >= 0.3 is 0 Å². The molecule has 4 heterocycles. The highest BCUT2D eigenvalue weighted by molar-refractivity contribution is 5.69. The Balaban J connectivity index is 1.56. The largest absolute Gasteiger partial charge is 0.485 e. The number of fused-ring (bicyclic) bond motifs is 1. The monoisotopic (exact) mass is 397 g/mol. The summed E-state index contributed by atoms with van der Waals surface area (Å²) in [5, 5.41) is 0. The van der Waals surface area contributed by atoms with E-state index >= 15 is 0 Å². The number of morpholine rings is 1. The number of ether oxygens (including phenoxy) is 3. The third kappa shape index (κ3) is 4.15. The van der Waals surface area contributed by atoms with Crippen molar-refractivity contribution in [2.45, 2.75) is 0 Å². The zero-order chi connectivity index (χ0) is 20.2. The summed E-state index contributed by atoms with van der Waals surface area (Å²) in [6.45, 7) is 4.37. The zero-order valence-electron chi connectivity index (χ0n) is 16.2. The lowest BCUT2D eigenvalue weighted by Crippen LogP contribution is -2.38. The molecule has 0 bridgehead atoms. The van der Waals surface area contributed by atoms with E-state index in [4.69, 9.17) is 19.9 Å². The van der Waals surface area contributed by atoms with Gasteiger partial charge in [-0.1, -0.05) is 0 Å². The van der Waals surface area contributed by atoms with Crippen molar-refractivity contribution in [2.24, 2.45) is 0 Å². The molecule has 0 radical (unpaired) electrons. The molecule has 1 fully saturated rings. The van der Waals surface area contributed by atoms with Gasteiger partial charge in [0.2, 0.25) is 11.6 Å². The molecule has 29 heavy (non-hydrogen) atoms. The summed E-state index contributed by atoms with van der Waals surface area (Å²) in [4.78, 5) is 23.6. The number of anilines is 1. The maximum atomic E-state index is 12.9. The second kappa shape index (κ2) is 8.46. The van der Waals surface area contributed by atoms with Crippen LogP contribution in [0.1, 0.15) is 0 Å². The lowest BCUT2D eigenvalue weighted by molar-refractivity contribution is 0.0321. The minimum atomic E-state index is -0.256. The van der Waals surface area contributed by atoms with Gasteiger partial charge in [-0.3, -0.25) is 14.1 Å². The van der Waals surface area contributed by atoms with Crippen molar-refractivity contribution in [3.63, 3.8) is 0 Å². The Kier molecular flexibility index (Phi) is 5.59. The fourth-order valence-electron chi connectivity index (χ4n) is 3.24. The van der Waals surface area contributed by atoms with Crippen molar-refractivity contribution in [3.8, 4) is 22.8 Å². The molecular weight excluding hydrogens is 374 g/mol. The maximum absolute atomic E-state index is 12.9. The molecule has 0 spiro atoms. The molecule has 9 nitrogen and oxygen atoms in total. The van der Waals surface area contributed by atoms with Crippen molar-refractivity contribution in [1.29, 1.82) is 0 Å². The van der Waals surface area contributed by atoms with Gasteiger partial charge in [-0.05, 0) is 18.2 Å².